The summed E-state index contributed by atoms with van der Waals surface area (Å²) < 4.78 is 0. The van der Waals surface area contributed by atoms with Gasteiger partial charge in [-0.05, 0) is 17.8 Å². The van der Waals surface area contributed by atoms with E-state index in [9.17, 15) is 40.5 Å². The van der Waals surface area contributed by atoms with Crippen LogP contribution >= 0.6 is 11.8 Å². The Balaban J connectivity index is 0.000000296. The number of amidine groups is 1. The van der Waals surface area contributed by atoms with Gasteiger partial charge in [0.25, 0.3) is 11.4 Å². The zero-order valence-electron chi connectivity index (χ0n) is 13.8. The Morgan fingerprint density at radius 3 is 1.83 bits per heavy atom. The molecule has 17 heteroatoms. The zero-order valence-corrected chi connectivity index (χ0v) is 14.6. The number of hydrogen-bond acceptors (Lipinski definition) is 12. The monoisotopic (exact) mass is 427 g/mol. The highest BCUT2D eigenvalue weighted by Gasteiger charge is 2.30. The molecule has 29 heavy (non-hydrogen) atoms. The Hall–Kier alpha value is -4.41. The van der Waals surface area contributed by atoms with Gasteiger partial charge in [0.05, 0.1) is 31.8 Å². The molecule has 16 nitrogen and oxygen atoms in total. The molecule has 1 heterocycles. The van der Waals surface area contributed by atoms with Gasteiger partial charge in [0.2, 0.25) is 0 Å². The van der Waals surface area contributed by atoms with E-state index in [0.717, 1.165) is 11.8 Å². The molecule has 0 fully saturated rings. The first-order valence-corrected chi connectivity index (χ1v) is 7.68. The number of nitro benzene ring substituents is 3. The largest absolute Gasteiger partial charge is 0.497 e. The number of phenols is 1. The van der Waals surface area contributed by atoms with Crippen LogP contribution in [0.4, 0.5) is 22.7 Å². The smallest absolute Gasteiger partial charge is 0.324 e. The number of aromatic nitrogens is 1. The minimum absolute atomic E-state index is 0.136. The number of non-ortho nitro benzene ring substituents is 1. The molecule has 152 valence electrons. The van der Waals surface area contributed by atoms with Crippen LogP contribution in [-0.4, -0.2) is 35.0 Å². The molecule has 2 aromatic rings. The molecular formula is C12H9N7O9S. The molecule has 0 aliphatic heterocycles. The van der Waals surface area contributed by atoms with Gasteiger partial charge in [-0.25, -0.2) is 4.98 Å². The van der Waals surface area contributed by atoms with Crippen LogP contribution in [0.25, 0.3) is 0 Å². The molecular weight excluding hydrogens is 418 g/mol. The molecule has 0 saturated carbocycles. The standard InChI is InChI=1S/C6H6N4O2S.C6H3N3O7/c7-6(8)13-5-4(10(11)12)2-1-3-9-5;10-6-4(8(13)14)1-3(7(11)12)2-5(6)9(15)16/h1-3H,(H3,7,8);1-2,10H. The van der Waals surface area contributed by atoms with Crippen molar-refractivity contribution in [1.29, 1.82) is 5.41 Å². The second-order valence-electron chi connectivity index (χ2n) is 4.66. The minimum Gasteiger partial charge on any atom is -0.497 e. The van der Waals surface area contributed by atoms with Crippen LogP contribution in [-0.2, 0) is 0 Å². The highest BCUT2D eigenvalue weighted by atomic mass is 32.2. The lowest BCUT2D eigenvalue weighted by Gasteiger charge is -1.97. The second-order valence-corrected chi connectivity index (χ2v) is 5.69. The van der Waals surface area contributed by atoms with E-state index in [4.69, 9.17) is 16.2 Å². The fourth-order valence-corrected chi connectivity index (χ4v) is 2.25. The molecule has 1 aromatic heterocycles. The SMILES string of the molecule is N=C(N)Sc1ncccc1[N+](=O)[O-].O=[N+]([O-])c1cc([N+](=O)[O-])c(O)c([N+](=O)[O-])c1. The summed E-state index contributed by atoms with van der Waals surface area (Å²) in [5, 5.41) is 57.5. The van der Waals surface area contributed by atoms with E-state index in [0.29, 0.717) is 12.1 Å². The average Bonchev–Trinajstić information content (AvgIpc) is 2.61. The van der Waals surface area contributed by atoms with E-state index in [1.165, 1.54) is 18.3 Å². The third-order valence-electron chi connectivity index (χ3n) is 2.81. The number of nitro groups is 4. The highest BCUT2D eigenvalue weighted by Crippen LogP contribution is 2.38. The Bertz CT molecular complexity index is 978. The number of nitrogens with two attached hydrogens (primary N) is 1. The highest BCUT2D eigenvalue weighted by molar-refractivity contribution is 8.13. The maximum atomic E-state index is 10.4. The fraction of sp³-hybridized carbons (Fsp3) is 0. The summed E-state index contributed by atoms with van der Waals surface area (Å²) in [7, 11) is 0. The summed E-state index contributed by atoms with van der Waals surface area (Å²) in [6.07, 6.45) is 1.41. The number of hydrogen-bond donors (Lipinski definition) is 3. The van der Waals surface area contributed by atoms with E-state index in [1.807, 2.05) is 0 Å². The Labute approximate surface area is 163 Å². The van der Waals surface area contributed by atoms with E-state index < -0.39 is 42.5 Å². The number of nitrogens with zero attached hydrogens (tertiary/aromatic N) is 5. The van der Waals surface area contributed by atoms with Crippen molar-refractivity contribution in [3.8, 4) is 5.75 Å². The number of aromatic hydroxyl groups is 1. The Morgan fingerprint density at radius 2 is 1.45 bits per heavy atom. The van der Waals surface area contributed by atoms with Crippen molar-refractivity contribution in [3.05, 3.63) is 70.9 Å². The lowest BCUT2D eigenvalue weighted by atomic mass is 10.2. The molecule has 4 N–H and O–H groups in total. The van der Waals surface area contributed by atoms with Crippen molar-refractivity contribution in [2.45, 2.75) is 5.03 Å². The van der Waals surface area contributed by atoms with Crippen molar-refractivity contribution in [1.82, 2.24) is 4.98 Å². The topological polar surface area (TPSA) is 256 Å². The van der Waals surface area contributed by atoms with Crippen molar-refractivity contribution >= 4 is 39.7 Å². The maximum Gasteiger partial charge on any atom is 0.324 e. The van der Waals surface area contributed by atoms with Gasteiger partial charge >= 0.3 is 17.1 Å². The number of thioether (sulfide) groups is 1. The van der Waals surface area contributed by atoms with Crippen LogP contribution in [0.1, 0.15) is 0 Å². The van der Waals surface area contributed by atoms with E-state index in [2.05, 4.69) is 4.98 Å². The van der Waals surface area contributed by atoms with Crippen LogP contribution in [0.3, 0.4) is 0 Å². The van der Waals surface area contributed by atoms with Crippen LogP contribution in [0, 0.1) is 45.9 Å². The van der Waals surface area contributed by atoms with Gasteiger partial charge in [-0.2, -0.15) is 0 Å². The number of benzene rings is 1. The maximum absolute atomic E-state index is 10.4. The van der Waals surface area contributed by atoms with E-state index in [1.54, 1.807) is 0 Å². The van der Waals surface area contributed by atoms with Gasteiger partial charge in [-0.15, -0.1) is 0 Å². The second kappa shape index (κ2) is 9.50. The molecule has 0 spiro atoms. The lowest BCUT2D eigenvalue weighted by Crippen LogP contribution is -2.04. The van der Waals surface area contributed by atoms with Crippen molar-refractivity contribution in [2.24, 2.45) is 5.73 Å². The van der Waals surface area contributed by atoms with Gasteiger partial charge < -0.3 is 10.8 Å². The minimum atomic E-state index is -1.21. The first-order chi connectivity index (χ1) is 13.5. The first-order valence-electron chi connectivity index (χ1n) is 6.87. The molecule has 0 aliphatic rings. The molecule has 2 rings (SSSR count). The molecule has 0 unspecified atom stereocenters. The van der Waals surface area contributed by atoms with Gasteiger partial charge in [-0.3, -0.25) is 45.9 Å². The van der Waals surface area contributed by atoms with Gasteiger partial charge in [0.1, 0.15) is 0 Å². The molecule has 0 amide bonds. The Kier molecular flexibility index (Phi) is 7.42. The normalized spacial score (nSPS) is 9.66. The fourth-order valence-electron chi connectivity index (χ4n) is 1.68. The number of phenolic OH excluding ortho intramolecular Hbond substituents is 1. The average molecular weight is 427 g/mol. The van der Waals surface area contributed by atoms with E-state index in [-0.39, 0.29) is 15.9 Å². The summed E-state index contributed by atoms with van der Waals surface area (Å²) in [6, 6.07) is 3.67. The number of nitrogens with one attached hydrogen (secondary N) is 1. The molecule has 0 saturated heterocycles. The van der Waals surface area contributed by atoms with Crippen molar-refractivity contribution < 1.29 is 24.8 Å². The van der Waals surface area contributed by atoms with Crippen LogP contribution in [0.2, 0.25) is 0 Å². The first kappa shape index (κ1) is 22.6. The van der Waals surface area contributed by atoms with Crippen LogP contribution in [0.15, 0.2) is 35.5 Å². The molecule has 0 atom stereocenters. The summed E-state index contributed by atoms with van der Waals surface area (Å²) in [6.45, 7) is 0. The Morgan fingerprint density at radius 1 is 0.966 bits per heavy atom. The number of rotatable bonds is 5. The van der Waals surface area contributed by atoms with Crippen molar-refractivity contribution in [2.75, 3.05) is 0 Å². The summed E-state index contributed by atoms with van der Waals surface area (Å²) in [5.74, 6) is -1.21. The van der Waals surface area contributed by atoms with E-state index >= 15 is 0 Å². The van der Waals surface area contributed by atoms with Gasteiger partial charge in [0.15, 0.2) is 10.2 Å². The predicted octanol–water partition coefficient (Wildman–Crippen LogP) is 2.09. The lowest BCUT2D eigenvalue weighted by molar-refractivity contribution is -0.404. The predicted molar refractivity (Wildman–Crippen MR) is 96.7 cm³/mol. The summed E-state index contributed by atoms with van der Waals surface area (Å²) >= 11 is 0.762. The molecule has 1 aromatic carbocycles. The molecule has 0 bridgehead atoms. The zero-order chi connectivity index (χ0) is 22.3. The van der Waals surface area contributed by atoms with Crippen LogP contribution in [0.5, 0.6) is 5.75 Å². The molecule has 0 aliphatic carbocycles. The quantitative estimate of drug-likeness (QED) is 0.204. The van der Waals surface area contributed by atoms with Gasteiger partial charge in [0, 0.05) is 12.3 Å². The van der Waals surface area contributed by atoms with Crippen LogP contribution < -0.4 is 5.73 Å². The third kappa shape index (κ3) is 6.06. The number of pyridine rings is 1. The van der Waals surface area contributed by atoms with Gasteiger partial charge in [-0.1, -0.05) is 0 Å². The molecule has 0 radical (unpaired) electrons. The summed E-state index contributed by atoms with van der Waals surface area (Å²) in [4.78, 5) is 41.4. The summed E-state index contributed by atoms with van der Waals surface area (Å²) in [5.41, 5.74) is 1.94. The third-order valence-corrected chi connectivity index (χ3v) is 3.54. The van der Waals surface area contributed by atoms with Crippen molar-refractivity contribution in [3.63, 3.8) is 0 Å².